The van der Waals surface area contributed by atoms with Gasteiger partial charge in [0.1, 0.15) is 0 Å². The lowest BCUT2D eigenvalue weighted by molar-refractivity contribution is -0.192. The number of carboxylic acid groups (broad SMARTS) is 1. The molecule has 3 rings (SSSR count). The smallest absolute Gasteiger partial charge is 0.475 e. The van der Waals surface area contributed by atoms with Gasteiger partial charge in [0.05, 0.1) is 0 Å². The molecule has 2 aromatic carbocycles. The fourth-order valence-electron chi connectivity index (χ4n) is 3.92. The number of unbranched alkanes of at least 4 members (excludes halogenated alkanes) is 3. The minimum absolute atomic E-state index is 0.0997. The summed E-state index contributed by atoms with van der Waals surface area (Å²) in [6.45, 7) is 9.09. The van der Waals surface area contributed by atoms with Crippen LogP contribution in [0.1, 0.15) is 54.9 Å². The molecular formula is C27H35ClF3N3O3. The standard InChI is InChI=1S/C25H34ClN3O.C2HF3O2/c1-2-3-4-5-15-28-16-6-17-29(19-18-28)20-21-7-9-22(10-8-21)25(30)27-24-13-11-23(26)12-14-24;3-2(4,5)1(6)7/h7-14H,2-6,15-20H2,1H3,(H,27,30);(H,6,7). The Labute approximate surface area is 221 Å². The molecule has 37 heavy (non-hydrogen) atoms. The first-order chi connectivity index (χ1) is 17.6. The van der Waals surface area contributed by atoms with E-state index in [-0.39, 0.29) is 5.91 Å². The molecular weight excluding hydrogens is 507 g/mol. The minimum atomic E-state index is -5.08. The second-order valence-corrected chi connectivity index (χ2v) is 9.43. The van der Waals surface area contributed by atoms with E-state index in [4.69, 9.17) is 21.5 Å². The third-order valence-electron chi connectivity index (χ3n) is 5.98. The van der Waals surface area contributed by atoms with Crippen molar-refractivity contribution in [3.63, 3.8) is 0 Å². The maximum atomic E-state index is 12.4. The molecule has 204 valence electrons. The lowest BCUT2D eigenvalue weighted by Gasteiger charge is -2.22. The first kappa shape index (κ1) is 30.6. The summed E-state index contributed by atoms with van der Waals surface area (Å²) in [4.78, 5) is 26.5. The highest BCUT2D eigenvalue weighted by Gasteiger charge is 2.38. The van der Waals surface area contributed by atoms with Crippen LogP contribution in [0.2, 0.25) is 5.02 Å². The number of carbonyl (C=O) groups excluding carboxylic acids is 1. The lowest BCUT2D eigenvalue weighted by atomic mass is 10.1. The maximum absolute atomic E-state index is 12.4. The van der Waals surface area contributed by atoms with Gasteiger partial charge in [0.2, 0.25) is 0 Å². The van der Waals surface area contributed by atoms with E-state index in [1.807, 2.05) is 12.1 Å². The average molecular weight is 542 g/mol. The van der Waals surface area contributed by atoms with Crippen LogP contribution >= 0.6 is 11.6 Å². The van der Waals surface area contributed by atoms with Crippen molar-refractivity contribution < 1.29 is 27.9 Å². The number of anilines is 1. The number of hydrogen-bond donors (Lipinski definition) is 2. The molecule has 10 heteroatoms. The zero-order valence-corrected chi connectivity index (χ0v) is 21.8. The van der Waals surface area contributed by atoms with Crippen LogP contribution in [0, 0.1) is 0 Å². The van der Waals surface area contributed by atoms with Crippen molar-refractivity contribution in [3.05, 3.63) is 64.7 Å². The number of benzene rings is 2. The Morgan fingerprint density at radius 3 is 2.11 bits per heavy atom. The summed E-state index contributed by atoms with van der Waals surface area (Å²) in [5, 5.41) is 10.7. The van der Waals surface area contributed by atoms with Crippen molar-refractivity contribution in [2.24, 2.45) is 0 Å². The highest BCUT2D eigenvalue weighted by Crippen LogP contribution is 2.16. The van der Waals surface area contributed by atoms with E-state index in [0.29, 0.717) is 10.6 Å². The second-order valence-electron chi connectivity index (χ2n) is 8.99. The normalized spacial score (nSPS) is 14.8. The van der Waals surface area contributed by atoms with Crippen molar-refractivity contribution in [3.8, 4) is 0 Å². The highest BCUT2D eigenvalue weighted by atomic mass is 35.5. The van der Waals surface area contributed by atoms with Crippen LogP contribution in [0.15, 0.2) is 48.5 Å². The zero-order valence-electron chi connectivity index (χ0n) is 21.1. The van der Waals surface area contributed by atoms with Gasteiger partial charge in [0.15, 0.2) is 0 Å². The number of nitrogens with one attached hydrogen (secondary N) is 1. The molecule has 0 bridgehead atoms. The van der Waals surface area contributed by atoms with Gasteiger partial charge in [-0.25, -0.2) is 4.79 Å². The van der Waals surface area contributed by atoms with E-state index >= 15 is 0 Å². The highest BCUT2D eigenvalue weighted by molar-refractivity contribution is 6.30. The lowest BCUT2D eigenvalue weighted by Crippen LogP contribution is -2.31. The van der Waals surface area contributed by atoms with Gasteiger partial charge in [-0.15, -0.1) is 0 Å². The van der Waals surface area contributed by atoms with E-state index < -0.39 is 12.1 Å². The van der Waals surface area contributed by atoms with Crippen molar-refractivity contribution >= 4 is 29.2 Å². The van der Waals surface area contributed by atoms with Crippen molar-refractivity contribution in [2.75, 3.05) is 38.0 Å². The predicted molar refractivity (Wildman–Crippen MR) is 140 cm³/mol. The molecule has 1 saturated heterocycles. The molecule has 6 nitrogen and oxygen atoms in total. The predicted octanol–water partition coefficient (Wildman–Crippen LogP) is 6.31. The van der Waals surface area contributed by atoms with Crippen LogP contribution in [-0.2, 0) is 11.3 Å². The van der Waals surface area contributed by atoms with Crippen LogP contribution in [0.5, 0.6) is 0 Å². The third kappa shape index (κ3) is 12.0. The fourth-order valence-corrected chi connectivity index (χ4v) is 4.05. The van der Waals surface area contributed by atoms with Gasteiger partial charge >= 0.3 is 12.1 Å². The van der Waals surface area contributed by atoms with Gasteiger partial charge in [-0.1, -0.05) is 49.9 Å². The van der Waals surface area contributed by atoms with E-state index in [2.05, 4.69) is 34.2 Å². The molecule has 0 aromatic heterocycles. The Balaban J connectivity index is 0.000000604. The molecule has 1 fully saturated rings. The summed E-state index contributed by atoms with van der Waals surface area (Å²) in [6, 6.07) is 15.1. The van der Waals surface area contributed by atoms with Crippen molar-refractivity contribution in [1.29, 1.82) is 0 Å². The number of aliphatic carboxylic acids is 1. The largest absolute Gasteiger partial charge is 0.490 e. The summed E-state index contributed by atoms with van der Waals surface area (Å²) in [5.41, 5.74) is 2.68. The van der Waals surface area contributed by atoms with Crippen LogP contribution in [0.4, 0.5) is 18.9 Å². The number of alkyl halides is 3. The molecule has 0 spiro atoms. The number of nitrogens with zero attached hydrogens (tertiary/aromatic N) is 2. The molecule has 1 aliphatic rings. The van der Waals surface area contributed by atoms with Crippen molar-refractivity contribution in [1.82, 2.24) is 9.80 Å². The third-order valence-corrected chi connectivity index (χ3v) is 6.23. The van der Waals surface area contributed by atoms with Gasteiger partial charge in [-0.05, 0) is 74.4 Å². The molecule has 1 amide bonds. The Bertz CT molecular complexity index is 970. The Morgan fingerprint density at radius 2 is 1.51 bits per heavy atom. The number of carboxylic acids is 1. The van der Waals surface area contributed by atoms with Gasteiger partial charge in [-0.3, -0.25) is 9.69 Å². The zero-order chi connectivity index (χ0) is 27.3. The number of amides is 1. The number of halogens is 4. The fraction of sp³-hybridized carbons (Fsp3) is 0.481. The number of carbonyl (C=O) groups is 2. The summed E-state index contributed by atoms with van der Waals surface area (Å²) in [5.74, 6) is -2.86. The maximum Gasteiger partial charge on any atom is 0.490 e. The van der Waals surface area contributed by atoms with Gasteiger partial charge in [-0.2, -0.15) is 13.2 Å². The quantitative estimate of drug-likeness (QED) is 0.364. The van der Waals surface area contributed by atoms with E-state index in [0.717, 1.165) is 31.9 Å². The van der Waals surface area contributed by atoms with E-state index in [1.165, 1.54) is 50.8 Å². The van der Waals surface area contributed by atoms with Crippen LogP contribution in [-0.4, -0.2) is 65.7 Å². The average Bonchev–Trinajstić information content (AvgIpc) is 3.08. The Hall–Kier alpha value is -2.62. The Kier molecular flexibility index (Phi) is 12.9. The van der Waals surface area contributed by atoms with Crippen LogP contribution < -0.4 is 5.32 Å². The van der Waals surface area contributed by atoms with Gasteiger partial charge in [0, 0.05) is 35.9 Å². The van der Waals surface area contributed by atoms with E-state index in [9.17, 15) is 18.0 Å². The van der Waals surface area contributed by atoms with Crippen molar-refractivity contribution in [2.45, 2.75) is 51.7 Å². The molecule has 2 aromatic rings. The summed E-state index contributed by atoms with van der Waals surface area (Å²) in [6.07, 6.45) is 1.49. The molecule has 0 unspecified atom stereocenters. The molecule has 0 radical (unpaired) electrons. The second kappa shape index (κ2) is 15.6. The molecule has 0 aliphatic carbocycles. The number of rotatable bonds is 9. The number of hydrogen-bond acceptors (Lipinski definition) is 4. The summed E-state index contributed by atoms with van der Waals surface area (Å²) >= 11 is 5.90. The molecule has 0 saturated carbocycles. The van der Waals surface area contributed by atoms with Gasteiger partial charge < -0.3 is 15.3 Å². The van der Waals surface area contributed by atoms with Gasteiger partial charge in [0.25, 0.3) is 5.91 Å². The SMILES string of the molecule is CCCCCCN1CCCN(Cc2ccc(C(=O)Nc3ccc(Cl)cc3)cc2)CC1.O=C(O)C(F)(F)F. The topological polar surface area (TPSA) is 72.9 Å². The summed E-state index contributed by atoms with van der Waals surface area (Å²) < 4.78 is 31.7. The summed E-state index contributed by atoms with van der Waals surface area (Å²) in [7, 11) is 0. The monoisotopic (exact) mass is 541 g/mol. The molecule has 1 heterocycles. The Morgan fingerprint density at radius 1 is 0.919 bits per heavy atom. The molecule has 1 aliphatic heterocycles. The first-order valence-electron chi connectivity index (χ1n) is 12.5. The van der Waals surface area contributed by atoms with E-state index in [1.54, 1.807) is 24.3 Å². The first-order valence-corrected chi connectivity index (χ1v) is 12.9. The minimum Gasteiger partial charge on any atom is -0.475 e. The molecule has 2 N–H and O–H groups in total. The molecule has 0 atom stereocenters. The van der Waals surface area contributed by atoms with Crippen LogP contribution in [0.3, 0.4) is 0 Å². The van der Waals surface area contributed by atoms with Crippen LogP contribution in [0.25, 0.3) is 0 Å².